The molecule has 4 heterocycles. The van der Waals surface area contributed by atoms with Gasteiger partial charge in [-0.3, -0.25) is 19.3 Å². The third-order valence-corrected chi connectivity index (χ3v) is 9.01. The molecule has 4 aliphatic rings. The van der Waals surface area contributed by atoms with Crippen LogP contribution in [0.1, 0.15) is 19.8 Å². The number of hydrogen-bond acceptors (Lipinski definition) is 8. The van der Waals surface area contributed by atoms with Crippen LogP contribution in [0.15, 0.2) is 24.3 Å². The summed E-state index contributed by atoms with van der Waals surface area (Å²) in [6.07, 6.45) is 0.235. The first-order chi connectivity index (χ1) is 18.9. The second-order valence-electron chi connectivity index (χ2n) is 10.5. The molecule has 12 heteroatoms. The van der Waals surface area contributed by atoms with Crippen molar-refractivity contribution < 1.29 is 33.7 Å². The van der Waals surface area contributed by atoms with Crippen molar-refractivity contribution in [3.63, 3.8) is 0 Å². The number of amides is 3. The SMILES string of the molecule is CCOc1ccc(NC(=O)[C@H]2[C@H]3C(=O)N(CCCO)C(C(=O)NCCN4CCOCC4)C34CC(Br)[C@@H]2O4)cc1. The van der Waals surface area contributed by atoms with E-state index in [-0.39, 0.29) is 35.7 Å². The Balaban J connectivity index is 1.34. The topological polar surface area (TPSA) is 130 Å². The van der Waals surface area contributed by atoms with E-state index in [2.05, 4.69) is 31.5 Å². The van der Waals surface area contributed by atoms with Crippen molar-refractivity contribution in [1.29, 1.82) is 0 Å². The van der Waals surface area contributed by atoms with Crippen LogP contribution < -0.4 is 15.4 Å². The van der Waals surface area contributed by atoms with Gasteiger partial charge >= 0.3 is 0 Å². The lowest BCUT2D eigenvalue weighted by Crippen LogP contribution is -2.56. The van der Waals surface area contributed by atoms with E-state index >= 15 is 0 Å². The summed E-state index contributed by atoms with van der Waals surface area (Å²) < 4.78 is 17.4. The fourth-order valence-corrected chi connectivity index (χ4v) is 7.44. The lowest BCUT2D eigenvalue weighted by Gasteiger charge is -2.34. The maximum atomic E-state index is 13.9. The Kier molecular flexibility index (Phi) is 8.77. The zero-order chi connectivity index (χ0) is 27.6. The van der Waals surface area contributed by atoms with Crippen LogP contribution in [0.2, 0.25) is 0 Å². The Hall–Kier alpha value is -2.25. The summed E-state index contributed by atoms with van der Waals surface area (Å²) in [5.41, 5.74) is -0.527. The fourth-order valence-electron chi connectivity index (χ4n) is 6.50. The van der Waals surface area contributed by atoms with Crippen LogP contribution in [0, 0.1) is 11.8 Å². The number of benzene rings is 1. The Morgan fingerprint density at radius 1 is 1.18 bits per heavy atom. The van der Waals surface area contributed by atoms with E-state index in [4.69, 9.17) is 14.2 Å². The standard InChI is InChI=1S/C27H37BrN4O7/c1-2-38-18-6-4-17(5-7-18)30-24(34)20-21-26(36)32(9-3-13-33)23(27(21)16-19(28)22(20)39-27)25(35)29-8-10-31-11-14-37-15-12-31/h4-7,19-23,33H,2-3,8-16H2,1H3,(H,29,35)(H,30,34)/t19?,20-,21-,22-,23?,27?/m0/s1. The van der Waals surface area contributed by atoms with Gasteiger partial charge in [0.15, 0.2) is 0 Å². The van der Waals surface area contributed by atoms with Crippen LogP contribution in [0.4, 0.5) is 5.69 Å². The number of rotatable bonds is 11. The highest BCUT2D eigenvalue weighted by Crippen LogP contribution is 2.60. The minimum Gasteiger partial charge on any atom is -0.494 e. The van der Waals surface area contributed by atoms with Gasteiger partial charge < -0.3 is 34.9 Å². The average molecular weight is 610 g/mol. The molecule has 0 aliphatic carbocycles. The summed E-state index contributed by atoms with van der Waals surface area (Å²) in [5, 5.41) is 15.4. The molecule has 6 atom stereocenters. The molecular weight excluding hydrogens is 572 g/mol. The first-order valence-corrected chi connectivity index (χ1v) is 14.7. The third-order valence-electron chi connectivity index (χ3n) is 8.16. The molecule has 1 aromatic rings. The highest BCUT2D eigenvalue weighted by Gasteiger charge is 2.76. The predicted octanol–water partition coefficient (Wildman–Crippen LogP) is 0.603. The second-order valence-corrected chi connectivity index (χ2v) is 11.6. The van der Waals surface area contributed by atoms with Gasteiger partial charge in [0, 0.05) is 49.8 Å². The van der Waals surface area contributed by atoms with E-state index in [0.29, 0.717) is 57.2 Å². The number of nitrogens with zero attached hydrogens (tertiary/aromatic N) is 2. The van der Waals surface area contributed by atoms with Gasteiger partial charge in [0.25, 0.3) is 0 Å². The molecule has 3 N–H and O–H groups in total. The first kappa shape index (κ1) is 28.3. The van der Waals surface area contributed by atoms with Crippen molar-refractivity contribution in [2.75, 3.05) is 64.5 Å². The molecule has 39 heavy (non-hydrogen) atoms. The maximum Gasteiger partial charge on any atom is 0.245 e. The quantitative estimate of drug-likeness (QED) is 0.312. The molecule has 0 radical (unpaired) electrons. The average Bonchev–Trinajstić information content (AvgIpc) is 3.52. The zero-order valence-electron chi connectivity index (χ0n) is 22.1. The van der Waals surface area contributed by atoms with E-state index in [9.17, 15) is 19.5 Å². The lowest BCUT2D eigenvalue weighted by molar-refractivity contribution is -0.141. The van der Waals surface area contributed by atoms with Crippen molar-refractivity contribution in [2.24, 2.45) is 11.8 Å². The fraction of sp³-hybridized carbons (Fsp3) is 0.667. The minimum atomic E-state index is -1.12. The molecule has 1 aromatic carbocycles. The van der Waals surface area contributed by atoms with E-state index < -0.39 is 29.6 Å². The van der Waals surface area contributed by atoms with E-state index in [1.807, 2.05) is 6.92 Å². The molecule has 3 amide bonds. The summed E-state index contributed by atoms with van der Waals surface area (Å²) in [5.74, 6) is -1.72. The summed E-state index contributed by atoms with van der Waals surface area (Å²) in [6, 6.07) is 6.19. The molecule has 0 saturated carbocycles. The molecule has 214 valence electrons. The highest BCUT2D eigenvalue weighted by atomic mass is 79.9. The third kappa shape index (κ3) is 5.41. The van der Waals surface area contributed by atoms with E-state index in [0.717, 1.165) is 13.1 Å². The molecular formula is C27H37BrN4O7. The van der Waals surface area contributed by atoms with Crippen LogP contribution in [-0.2, 0) is 23.9 Å². The predicted molar refractivity (Wildman–Crippen MR) is 146 cm³/mol. The minimum absolute atomic E-state index is 0.112. The first-order valence-electron chi connectivity index (χ1n) is 13.7. The summed E-state index contributed by atoms with van der Waals surface area (Å²) in [6.45, 7) is 6.63. The van der Waals surface area contributed by atoms with E-state index in [1.54, 1.807) is 24.3 Å². The molecule has 4 aliphatic heterocycles. The number of ether oxygens (including phenoxy) is 3. The van der Waals surface area contributed by atoms with Gasteiger partial charge in [0.05, 0.1) is 37.8 Å². The summed E-state index contributed by atoms with van der Waals surface area (Å²) in [4.78, 5) is 44.7. The van der Waals surface area contributed by atoms with Gasteiger partial charge in [-0.25, -0.2) is 0 Å². The molecule has 4 saturated heterocycles. The van der Waals surface area contributed by atoms with E-state index in [1.165, 1.54) is 4.90 Å². The molecule has 2 bridgehead atoms. The number of carbonyl (C=O) groups is 3. The molecule has 11 nitrogen and oxygen atoms in total. The number of aliphatic hydroxyl groups is 1. The Labute approximate surface area is 236 Å². The number of morpholine rings is 1. The summed E-state index contributed by atoms with van der Waals surface area (Å²) >= 11 is 3.68. The van der Waals surface area contributed by atoms with Crippen LogP contribution in [0.25, 0.3) is 0 Å². The van der Waals surface area contributed by atoms with Crippen molar-refractivity contribution in [3.8, 4) is 5.75 Å². The Morgan fingerprint density at radius 3 is 2.62 bits per heavy atom. The molecule has 5 rings (SSSR count). The van der Waals surface area contributed by atoms with Gasteiger partial charge in [0.1, 0.15) is 17.4 Å². The maximum absolute atomic E-state index is 13.9. The number of anilines is 1. The van der Waals surface area contributed by atoms with Crippen molar-refractivity contribution in [1.82, 2.24) is 15.1 Å². The smallest absolute Gasteiger partial charge is 0.245 e. The Bertz CT molecular complexity index is 1050. The number of fused-ring (bicyclic) bond motifs is 1. The van der Waals surface area contributed by atoms with Crippen molar-refractivity contribution in [3.05, 3.63) is 24.3 Å². The number of halogens is 1. The van der Waals surface area contributed by atoms with Gasteiger partial charge in [-0.05, 0) is 44.0 Å². The van der Waals surface area contributed by atoms with Crippen LogP contribution in [-0.4, -0.2) is 114 Å². The molecule has 4 fully saturated rings. The molecule has 3 unspecified atom stereocenters. The molecule has 0 aromatic heterocycles. The van der Waals surface area contributed by atoms with Crippen molar-refractivity contribution >= 4 is 39.3 Å². The zero-order valence-corrected chi connectivity index (χ0v) is 23.7. The van der Waals surface area contributed by atoms with Gasteiger partial charge in [-0.2, -0.15) is 0 Å². The number of alkyl halides is 1. The van der Waals surface area contributed by atoms with Crippen molar-refractivity contribution in [2.45, 2.75) is 42.3 Å². The van der Waals surface area contributed by atoms with Gasteiger partial charge in [0.2, 0.25) is 17.7 Å². The summed E-state index contributed by atoms with van der Waals surface area (Å²) in [7, 11) is 0. The Morgan fingerprint density at radius 2 is 1.92 bits per heavy atom. The normalized spacial score (nSPS) is 31.8. The van der Waals surface area contributed by atoms with Gasteiger partial charge in [-0.15, -0.1) is 0 Å². The second kappa shape index (κ2) is 12.1. The number of hydrogen-bond donors (Lipinski definition) is 3. The number of likely N-dealkylation sites (tertiary alicyclic amines) is 1. The number of carbonyl (C=O) groups excluding carboxylic acids is 3. The number of nitrogens with one attached hydrogen (secondary N) is 2. The van der Waals surface area contributed by atoms with Crippen LogP contribution >= 0.6 is 15.9 Å². The number of aliphatic hydroxyl groups excluding tert-OH is 1. The lowest BCUT2D eigenvalue weighted by atomic mass is 9.70. The monoisotopic (exact) mass is 608 g/mol. The van der Waals surface area contributed by atoms with Crippen LogP contribution in [0.5, 0.6) is 5.75 Å². The van der Waals surface area contributed by atoms with Gasteiger partial charge in [-0.1, -0.05) is 15.9 Å². The molecule has 1 spiro atoms. The highest BCUT2D eigenvalue weighted by molar-refractivity contribution is 9.09. The van der Waals surface area contributed by atoms with Crippen LogP contribution in [0.3, 0.4) is 0 Å². The largest absolute Gasteiger partial charge is 0.494 e.